The molecule has 7 aromatic rings. The minimum Gasteiger partial charge on any atom is -0.402 e. The lowest BCUT2D eigenvalue weighted by Gasteiger charge is -2.49. The van der Waals surface area contributed by atoms with Gasteiger partial charge in [-0.2, -0.15) is 0 Å². The third-order valence-corrected chi connectivity index (χ3v) is 20.3. The predicted molar refractivity (Wildman–Crippen MR) is 312 cm³/mol. The monoisotopic (exact) mass is 946 g/mol. The zero-order valence-corrected chi connectivity index (χ0v) is 46.9. The highest BCUT2D eigenvalue weighted by molar-refractivity contribution is 6.91. The molecule has 0 radical (unpaired) electrons. The number of nitrogens with zero attached hydrogens (tertiary/aromatic N) is 1. The summed E-state index contributed by atoms with van der Waals surface area (Å²) >= 11 is 0. The molecule has 3 aliphatic carbocycles. The van der Waals surface area contributed by atoms with Crippen LogP contribution in [0.5, 0.6) is 0 Å². The Morgan fingerprint density at radius 1 is 0.472 bits per heavy atom. The summed E-state index contributed by atoms with van der Waals surface area (Å²) in [5.74, 6) is 0.157. The molecule has 12 rings (SSSR count). The van der Waals surface area contributed by atoms with E-state index in [1.807, 2.05) is 0 Å². The highest BCUT2D eigenvalue weighted by Crippen LogP contribution is 2.56. The molecule has 0 saturated heterocycles. The van der Waals surface area contributed by atoms with Crippen molar-refractivity contribution in [2.45, 2.75) is 194 Å². The van der Waals surface area contributed by atoms with Crippen molar-refractivity contribution < 1.29 is 0 Å². The molecule has 1 unspecified atom stereocenters. The summed E-state index contributed by atoms with van der Waals surface area (Å²) in [5.41, 5.74) is 31.2. The molecule has 5 aliphatic rings. The van der Waals surface area contributed by atoms with Gasteiger partial charge in [0.2, 0.25) is 0 Å². The second-order valence-corrected chi connectivity index (χ2v) is 27.8. The maximum Gasteiger partial charge on any atom is 0.325 e. The summed E-state index contributed by atoms with van der Waals surface area (Å²) in [6, 6.07) is 42.2. The fourth-order valence-corrected chi connectivity index (χ4v) is 15.3. The molecule has 2 aliphatic heterocycles. The van der Waals surface area contributed by atoms with E-state index in [1.165, 1.54) is 149 Å². The first-order valence-electron chi connectivity index (χ1n) is 27.9. The van der Waals surface area contributed by atoms with Gasteiger partial charge >= 0.3 is 6.85 Å². The zero-order valence-electron chi connectivity index (χ0n) is 46.9. The molecule has 368 valence electrons. The van der Waals surface area contributed by atoms with Crippen molar-refractivity contribution in [2.24, 2.45) is 0 Å². The summed E-state index contributed by atoms with van der Waals surface area (Å²) in [7, 11) is 0. The Balaban J connectivity index is 1.25. The van der Waals surface area contributed by atoms with Crippen molar-refractivity contribution in [1.82, 2.24) is 0 Å². The third-order valence-electron chi connectivity index (χ3n) is 20.3. The molecule has 0 fully saturated rings. The Morgan fingerprint density at radius 3 is 1.64 bits per heavy atom. The molecule has 7 aromatic carbocycles. The minimum absolute atomic E-state index is 0.0182. The van der Waals surface area contributed by atoms with Crippen LogP contribution in [0.15, 0.2) is 103 Å². The van der Waals surface area contributed by atoms with Gasteiger partial charge in [0.05, 0.1) is 0 Å². The first-order valence-corrected chi connectivity index (χ1v) is 27.9. The predicted octanol–water partition coefficient (Wildman–Crippen LogP) is 17.4. The fourth-order valence-electron chi connectivity index (χ4n) is 15.3. The first kappa shape index (κ1) is 47.7. The molecular weight excluding hydrogens is 866 g/mol. The standard InChI is InChI=1S/C70H80BN/c1-41-20-19-21-42(2)61(41)52-35-51-50-37-56-58(70(15,16)33-31-68(56,11)12)39-60(50)72(40-45-24-27-53-54(34-45)66(7,8)29-28-65(53,5)6)71-59-38-57-55(67(9,10)30-32-69(57,13)14)36-49(59)44(4)62(64(51)71)63(52)48-26-25-46-22-17-18-23-47(46)43(48)3/h17-27,34-39,44H,28-33,40H2,1-16H3. The van der Waals surface area contributed by atoms with Gasteiger partial charge in [0, 0.05) is 23.7 Å². The second kappa shape index (κ2) is 15.6. The molecule has 2 heterocycles. The van der Waals surface area contributed by atoms with Crippen molar-refractivity contribution in [1.29, 1.82) is 0 Å². The molecule has 1 nitrogen and oxygen atoms in total. The summed E-state index contributed by atoms with van der Waals surface area (Å²) in [6.07, 6.45) is 7.21. The van der Waals surface area contributed by atoms with Crippen LogP contribution >= 0.6 is 0 Å². The molecule has 0 bridgehead atoms. The summed E-state index contributed by atoms with van der Waals surface area (Å²) in [6.45, 7) is 40.6. The van der Waals surface area contributed by atoms with Gasteiger partial charge in [-0.25, -0.2) is 0 Å². The van der Waals surface area contributed by atoms with E-state index in [0.29, 0.717) is 0 Å². The lowest BCUT2D eigenvalue weighted by atomic mass is 9.39. The Kier molecular flexibility index (Phi) is 10.3. The van der Waals surface area contributed by atoms with Crippen LogP contribution in [0, 0.1) is 20.8 Å². The molecule has 2 heteroatoms. The number of anilines is 1. The van der Waals surface area contributed by atoms with Gasteiger partial charge in [0.25, 0.3) is 0 Å². The Labute approximate surface area is 434 Å². The van der Waals surface area contributed by atoms with Gasteiger partial charge < -0.3 is 4.81 Å². The molecule has 0 spiro atoms. The van der Waals surface area contributed by atoms with Crippen LogP contribution in [0.4, 0.5) is 5.69 Å². The minimum atomic E-state index is 0.0182. The van der Waals surface area contributed by atoms with E-state index in [2.05, 4.69) is 219 Å². The maximum atomic E-state index is 2.94. The highest BCUT2D eigenvalue weighted by Gasteiger charge is 2.50. The SMILES string of the molecule is Cc1cccc(C)c1-c1cc2c3c(c1-c1ccc4ccccc4c1C)C(C)c1cc4c(cc1B3N(Cc1ccc3c(c1)C(C)(C)CCC3(C)C)c1cc3c(cc1-2)C(C)(C)CCC3(C)C)C(C)(C)CCC4(C)C. The first-order chi connectivity index (χ1) is 33.8. The van der Waals surface area contributed by atoms with E-state index in [-0.39, 0.29) is 45.3 Å². The molecule has 0 N–H and O–H groups in total. The van der Waals surface area contributed by atoms with Gasteiger partial charge in [0.1, 0.15) is 0 Å². The zero-order chi connectivity index (χ0) is 51.0. The normalized spacial score (nSPS) is 21.0. The smallest absolute Gasteiger partial charge is 0.325 e. The van der Waals surface area contributed by atoms with E-state index < -0.39 is 0 Å². The van der Waals surface area contributed by atoms with Crippen molar-refractivity contribution >= 4 is 34.2 Å². The Morgan fingerprint density at radius 2 is 1.01 bits per heavy atom. The summed E-state index contributed by atoms with van der Waals surface area (Å²) in [5, 5.41) is 2.64. The van der Waals surface area contributed by atoms with Crippen LogP contribution in [0.3, 0.4) is 0 Å². The average Bonchev–Trinajstić information content (AvgIpc) is 3.32. The van der Waals surface area contributed by atoms with Crippen LogP contribution in [0.2, 0.25) is 0 Å². The van der Waals surface area contributed by atoms with Gasteiger partial charge in [-0.05, 0) is 226 Å². The van der Waals surface area contributed by atoms with E-state index in [4.69, 9.17) is 0 Å². The second-order valence-electron chi connectivity index (χ2n) is 27.8. The van der Waals surface area contributed by atoms with Crippen LogP contribution in [0.1, 0.15) is 201 Å². The van der Waals surface area contributed by atoms with Crippen LogP contribution in [0.25, 0.3) is 44.2 Å². The lowest BCUT2D eigenvalue weighted by Crippen LogP contribution is -2.64. The molecule has 0 aromatic heterocycles. The number of rotatable bonds is 4. The fraction of sp³-hybridized carbons (Fsp3) is 0.429. The largest absolute Gasteiger partial charge is 0.402 e. The van der Waals surface area contributed by atoms with Crippen molar-refractivity contribution in [3.8, 4) is 33.4 Å². The van der Waals surface area contributed by atoms with Gasteiger partial charge in [-0.3, -0.25) is 0 Å². The number of hydrogen-bond acceptors (Lipinski definition) is 1. The highest BCUT2D eigenvalue weighted by atomic mass is 15.1. The number of aryl methyl sites for hydroxylation is 3. The Hall–Kier alpha value is -5.34. The van der Waals surface area contributed by atoms with Crippen molar-refractivity contribution in [2.75, 3.05) is 4.81 Å². The quantitative estimate of drug-likeness (QED) is 0.159. The third kappa shape index (κ3) is 6.92. The molecular formula is C70H80BN. The maximum absolute atomic E-state index is 2.94. The van der Waals surface area contributed by atoms with E-state index >= 15 is 0 Å². The summed E-state index contributed by atoms with van der Waals surface area (Å²) in [4.78, 5) is 2.94. The Bertz CT molecular complexity index is 3440. The van der Waals surface area contributed by atoms with Crippen molar-refractivity contribution in [3.63, 3.8) is 0 Å². The van der Waals surface area contributed by atoms with E-state index in [9.17, 15) is 0 Å². The molecule has 0 amide bonds. The lowest BCUT2D eigenvalue weighted by molar-refractivity contribution is 0.331. The number of hydrogen-bond donors (Lipinski definition) is 0. The van der Waals surface area contributed by atoms with Crippen LogP contribution in [-0.2, 0) is 39.0 Å². The van der Waals surface area contributed by atoms with E-state index in [1.54, 1.807) is 16.7 Å². The topological polar surface area (TPSA) is 3.24 Å². The van der Waals surface area contributed by atoms with Crippen LogP contribution < -0.4 is 15.7 Å². The van der Waals surface area contributed by atoms with Crippen LogP contribution in [-0.4, -0.2) is 6.85 Å². The number of fused-ring (bicyclic) bond motifs is 8. The van der Waals surface area contributed by atoms with E-state index in [0.717, 1.165) is 6.54 Å². The summed E-state index contributed by atoms with van der Waals surface area (Å²) < 4.78 is 0. The van der Waals surface area contributed by atoms with Gasteiger partial charge in [-0.1, -0.05) is 175 Å². The number of benzene rings is 7. The van der Waals surface area contributed by atoms with Gasteiger partial charge in [-0.15, -0.1) is 0 Å². The molecule has 0 saturated carbocycles. The van der Waals surface area contributed by atoms with Gasteiger partial charge in [0.15, 0.2) is 0 Å². The molecule has 72 heavy (non-hydrogen) atoms. The average molecular weight is 946 g/mol. The molecule has 1 atom stereocenters. The van der Waals surface area contributed by atoms with Crippen molar-refractivity contribution in [3.05, 3.63) is 170 Å².